The van der Waals surface area contributed by atoms with E-state index in [4.69, 9.17) is 0 Å². The Morgan fingerprint density at radius 1 is 1.09 bits per heavy atom. The molecule has 7 heteroatoms. The Balaban J connectivity index is 1.39. The maximum Gasteiger partial charge on any atom is 0.254 e. The average molecular weight is 431 g/mol. The van der Waals surface area contributed by atoms with Gasteiger partial charge in [0.1, 0.15) is 12.4 Å². The Labute approximate surface area is 184 Å². The molecule has 3 heterocycles. The van der Waals surface area contributed by atoms with Crippen LogP contribution in [0.15, 0.2) is 73.1 Å². The van der Waals surface area contributed by atoms with Gasteiger partial charge in [-0.15, -0.1) is 0 Å². The van der Waals surface area contributed by atoms with E-state index >= 15 is 0 Å². The number of benzene rings is 2. The zero-order chi connectivity index (χ0) is 22.2. The third-order valence-electron chi connectivity index (χ3n) is 6.40. The van der Waals surface area contributed by atoms with Crippen LogP contribution in [0, 0.1) is 5.82 Å². The van der Waals surface area contributed by atoms with Crippen LogP contribution in [0.3, 0.4) is 0 Å². The summed E-state index contributed by atoms with van der Waals surface area (Å²) in [5.41, 5.74) is 3.27. The number of piperazine rings is 1. The maximum atomic E-state index is 13.6. The monoisotopic (exact) mass is 431 g/mol. The second-order valence-corrected chi connectivity index (χ2v) is 8.20. The topological polar surface area (TPSA) is 73.7 Å². The van der Waals surface area contributed by atoms with E-state index in [0.29, 0.717) is 6.54 Å². The zero-order valence-corrected chi connectivity index (χ0v) is 17.3. The fraction of sp³-hybridized carbons (Fsp3) is 0.240. The number of carbonyl (C=O) groups excluding carboxylic acids is 2. The highest BCUT2D eigenvalue weighted by Gasteiger charge is 2.54. The number of halogens is 1. The fourth-order valence-electron chi connectivity index (χ4n) is 4.89. The Morgan fingerprint density at radius 2 is 1.91 bits per heavy atom. The summed E-state index contributed by atoms with van der Waals surface area (Å²) in [6.45, 7) is 0.122. The van der Waals surface area contributed by atoms with Crippen LogP contribution in [-0.2, 0) is 4.79 Å². The van der Waals surface area contributed by atoms with Gasteiger partial charge >= 0.3 is 0 Å². The standard InChI is InChI=1S/C25H22FN3O3/c26-20-5-1-3-18(11-20)25(32)28-13-21-24(22(15-30)29(21)23(31)14-28)17-8-6-16(7-9-17)19-4-2-10-27-12-19/h1-12,21-22,24,30H,13-15H2/t21-,22+,24+/m1/s1. The Hall–Kier alpha value is -3.58. The number of nitrogens with zero attached hydrogens (tertiary/aromatic N) is 3. The summed E-state index contributed by atoms with van der Waals surface area (Å²) in [6, 6.07) is 16.8. The van der Waals surface area contributed by atoms with Gasteiger partial charge < -0.3 is 14.9 Å². The summed E-state index contributed by atoms with van der Waals surface area (Å²) in [5.74, 6) is -1.14. The summed E-state index contributed by atoms with van der Waals surface area (Å²) in [4.78, 5) is 33.0. The highest BCUT2D eigenvalue weighted by molar-refractivity contribution is 5.97. The molecule has 0 spiro atoms. The van der Waals surface area contributed by atoms with E-state index in [-0.39, 0.29) is 48.5 Å². The lowest BCUT2D eigenvalue weighted by molar-refractivity contribution is -0.159. The van der Waals surface area contributed by atoms with Gasteiger partial charge in [0, 0.05) is 30.4 Å². The molecule has 2 aliphatic heterocycles. The van der Waals surface area contributed by atoms with Crippen LogP contribution in [0.2, 0.25) is 0 Å². The molecule has 3 atom stereocenters. The summed E-state index contributed by atoms with van der Waals surface area (Å²) in [6.07, 6.45) is 3.52. The lowest BCUT2D eigenvalue weighted by atomic mass is 9.73. The average Bonchev–Trinajstić information content (AvgIpc) is 2.81. The minimum absolute atomic E-state index is 0.0744. The van der Waals surface area contributed by atoms with Crippen LogP contribution < -0.4 is 0 Å². The molecule has 0 saturated carbocycles. The Kier molecular flexibility index (Phi) is 5.19. The van der Waals surface area contributed by atoms with Gasteiger partial charge in [0.15, 0.2) is 0 Å². The van der Waals surface area contributed by atoms with E-state index < -0.39 is 5.82 Å². The molecule has 2 amide bonds. The van der Waals surface area contributed by atoms with Crippen molar-refractivity contribution < 1.29 is 19.1 Å². The van der Waals surface area contributed by atoms with Crippen LogP contribution in [0.4, 0.5) is 4.39 Å². The van der Waals surface area contributed by atoms with Crippen molar-refractivity contribution in [2.24, 2.45) is 0 Å². The molecule has 2 saturated heterocycles. The van der Waals surface area contributed by atoms with Crippen molar-refractivity contribution in [1.29, 1.82) is 0 Å². The molecule has 0 bridgehead atoms. The molecule has 0 radical (unpaired) electrons. The number of aliphatic hydroxyl groups is 1. The quantitative estimate of drug-likeness (QED) is 0.690. The molecule has 3 aromatic rings. The number of aromatic nitrogens is 1. The van der Waals surface area contributed by atoms with E-state index in [0.717, 1.165) is 16.7 Å². The first-order valence-electron chi connectivity index (χ1n) is 10.5. The molecule has 2 aromatic carbocycles. The molecule has 162 valence electrons. The van der Waals surface area contributed by atoms with Gasteiger partial charge in [0.2, 0.25) is 5.91 Å². The number of carbonyl (C=O) groups is 2. The summed E-state index contributed by atoms with van der Waals surface area (Å²) in [7, 11) is 0. The highest BCUT2D eigenvalue weighted by Crippen LogP contribution is 2.43. The minimum atomic E-state index is -0.489. The van der Waals surface area contributed by atoms with Crippen LogP contribution in [0.25, 0.3) is 11.1 Å². The van der Waals surface area contributed by atoms with Crippen molar-refractivity contribution in [3.05, 3.63) is 90.0 Å². The van der Waals surface area contributed by atoms with Gasteiger partial charge in [-0.05, 0) is 41.0 Å². The molecule has 0 unspecified atom stereocenters. The number of aliphatic hydroxyl groups excluding tert-OH is 1. The predicted octanol–water partition coefficient (Wildman–Crippen LogP) is 2.70. The van der Waals surface area contributed by atoms with Crippen molar-refractivity contribution in [3.8, 4) is 11.1 Å². The summed E-state index contributed by atoms with van der Waals surface area (Å²) in [5, 5.41) is 9.97. The van der Waals surface area contributed by atoms with Gasteiger partial charge in [-0.2, -0.15) is 0 Å². The van der Waals surface area contributed by atoms with Crippen LogP contribution in [0.5, 0.6) is 0 Å². The van der Waals surface area contributed by atoms with E-state index in [1.165, 1.54) is 23.1 Å². The molecule has 32 heavy (non-hydrogen) atoms. The van der Waals surface area contributed by atoms with E-state index in [9.17, 15) is 19.1 Å². The number of pyridine rings is 1. The first-order valence-corrected chi connectivity index (χ1v) is 10.5. The van der Waals surface area contributed by atoms with Crippen LogP contribution in [0.1, 0.15) is 21.8 Å². The molecule has 1 N–H and O–H groups in total. The van der Waals surface area contributed by atoms with Gasteiger partial charge in [-0.25, -0.2) is 4.39 Å². The first-order chi connectivity index (χ1) is 15.6. The Morgan fingerprint density at radius 3 is 2.59 bits per heavy atom. The molecule has 2 aliphatic rings. The number of hydrogen-bond acceptors (Lipinski definition) is 4. The van der Waals surface area contributed by atoms with Crippen molar-refractivity contribution >= 4 is 11.8 Å². The van der Waals surface area contributed by atoms with Crippen LogP contribution >= 0.6 is 0 Å². The number of amides is 2. The third-order valence-corrected chi connectivity index (χ3v) is 6.40. The zero-order valence-electron chi connectivity index (χ0n) is 17.3. The van der Waals surface area contributed by atoms with Gasteiger partial charge in [0.05, 0.1) is 18.7 Å². The second kappa shape index (κ2) is 8.16. The van der Waals surface area contributed by atoms with Crippen molar-refractivity contribution in [2.45, 2.75) is 18.0 Å². The molecular weight excluding hydrogens is 409 g/mol. The molecular formula is C25H22FN3O3. The molecule has 5 rings (SSSR count). The predicted molar refractivity (Wildman–Crippen MR) is 116 cm³/mol. The van der Waals surface area contributed by atoms with Gasteiger partial charge in [0.25, 0.3) is 5.91 Å². The lowest BCUT2D eigenvalue weighted by Gasteiger charge is -2.58. The Bertz CT molecular complexity index is 1150. The summed E-state index contributed by atoms with van der Waals surface area (Å²) >= 11 is 0. The van der Waals surface area contributed by atoms with Crippen molar-refractivity contribution in [3.63, 3.8) is 0 Å². The first kappa shape index (κ1) is 20.3. The maximum absolute atomic E-state index is 13.6. The van der Waals surface area contributed by atoms with Gasteiger partial charge in [-0.1, -0.05) is 36.4 Å². The van der Waals surface area contributed by atoms with Crippen molar-refractivity contribution in [1.82, 2.24) is 14.8 Å². The molecule has 1 aromatic heterocycles. The van der Waals surface area contributed by atoms with E-state index in [1.54, 1.807) is 23.4 Å². The highest BCUT2D eigenvalue weighted by atomic mass is 19.1. The number of fused-ring (bicyclic) bond motifs is 1. The van der Waals surface area contributed by atoms with Crippen LogP contribution in [-0.4, -0.2) is 63.5 Å². The molecule has 2 fully saturated rings. The molecule has 0 aliphatic carbocycles. The normalized spacial score (nSPS) is 22.3. The van der Waals surface area contributed by atoms with Gasteiger partial charge in [-0.3, -0.25) is 14.6 Å². The molecule has 6 nitrogen and oxygen atoms in total. The lowest BCUT2D eigenvalue weighted by Crippen LogP contribution is -2.73. The van der Waals surface area contributed by atoms with E-state index in [1.807, 2.05) is 36.4 Å². The smallest absolute Gasteiger partial charge is 0.254 e. The largest absolute Gasteiger partial charge is 0.394 e. The fourth-order valence-corrected chi connectivity index (χ4v) is 4.89. The summed E-state index contributed by atoms with van der Waals surface area (Å²) < 4.78 is 13.6. The second-order valence-electron chi connectivity index (χ2n) is 8.20. The number of hydrogen-bond donors (Lipinski definition) is 1. The van der Waals surface area contributed by atoms with E-state index in [2.05, 4.69) is 4.98 Å². The minimum Gasteiger partial charge on any atom is -0.394 e. The third kappa shape index (κ3) is 3.44. The number of rotatable bonds is 4. The van der Waals surface area contributed by atoms with Crippen molar-refractivity contribution in [2.75, 3.05) is 19.7 Å². The SMILES string of the molecule is O=C(c1cccc(F)c1)N1CC(=O)N2[C@H](C1)[C@H](c1ccc(-c3cccnc3)cc1)[C@@H]2CO.